The molecule has 2 heterocycles. The Morgan fingerprint density at radius 1 is 1.73 bits per heavy atom. The fourth-order valence-electron chi connectivity index (χ4n) is 2.14. The molecule has 0 amide bonds. The number of aryl methyl sites for hydroxylation is 1. The van der Waals surface area contributed by atoms with Crippen LogP contribution in [0.5, 0.6) is 0 Å². The first kappa shape index (κ1) is 10.6. The lowest BCUT2D eigenvalue weighted by Crippen LogP contribution is -2.39. The van der Waals surface area contributed by atoms with E-state index in [-0.39, 0.29) is 6.10 Å². The van der Waals surface area contributed by atoms with Crippen LogP contribution in [0.25, 0.3) is 0 Å². The van der Waals surface area contributed by atoms with E-state index in [4.69, 9.17) is 4.74 Å². The molecule has 0 radical (unpaired) electrons. The molecule has 1 aromatic heterocycles. The quantitative estimate of drug-likeness (QED) is 0.778. The van der Waals surface area contributed by atoms with Crippen molar-refractivity contribution in [2.75, 3.05) is 6.61 Å². The molecule has 2 rings (SSSR count). The van der Waals surface area contributed by atoms with Gasteiger partial charge in [-0.2, -0.15) is 0 Å². The van der Waals surface area contributed by atoms with Crippen molar-refractivity contribution in [2.24, 2.45) is 7.05 Å². The largest absolute Gasteiger partial charge is 0.383 e. The van der Waals surface area contributed by atoms with E-state index in [1.165, 1.54) is 0 Å². The van der Waals surface area contributed by atoms with Crippen LogP contribution < -0.4 is 0 Å². The zero-order valence-electron chi connectivity index (χ0n) is 9.18. The van der Waals surface area contributed by atoms with Crippen LogP contribution in [0.15, 0.2) is 6.20 Å². The summed E-state index contributed by atoms with van der Waals surface area (Å²) in [4.78, 5) is 0. The maximum Gasteiger partial charge on any atom is 0.112 e. The van der Waals surface area contributed by atoms with Gasteiger partial charge in [0.1, 0.15) is 5.60 Å². The van der Waals surface area contributed by atoms with Crippen LogP contribution in [0, 0.1) is 0 Å². The lowest BCUT2D eigenvalue weighted by molar-refractivity contribution is -0.112. The highest BCUT2D eigenvalue weighted by molar-refractivity contribution is 5.09. The molecule has 0 saturated carbocycles. The van der Waals surface area contributed by atoms with Gasteiger partial charge in [0.2, 0.25) is 0 Å². The molecule has 1 N–H and O–H groups in total. The zero-order chi connectivity index (χ0) is 10.9. The van der Waals surface area contributed by atoms with Crippen molar-refractivity contribution in [1.82, 2.24) is 15.0 Å². The van der Waals surface area contributed by atoms with E-state index in [0.717, 1.165) is 12.1 Å². The van der Waals surface area contributed by atoms with Crippen LogP contribution in [0.3, 0.4) is 0 Å². The zero-order valence-corrected chi connectivity index (χ0v) is 9.18. The predicted octanol–water partition coefficient (Wildman–Crippen LogP) is 0.592. The predicted molar refractivity (Wildman–Crippen MR) is 54.2 cm³/mol. The van der Waals surface area contributed by atoms with Gasteiger partial charge in [-0.15, -0.1) is 5.10 Å². The van der Waals surface area contributed by atoms with E-state index in [1.54, 1.807) is 17.9 Å². The van der Waals surface area contributed by atoms with Gasteiger partial charge in [0.15, 0.2) is 0 Å². The molecule has 1 aromatic rings. The van der Waals surface area contributed by atoms with Gasteiger partial charge in [0, 0.05) is 19.9 Å². The summed E-state index contributed by atoms with van der Waals surface area (Å²) in [6, 6.07) is 0. The summed E-state index contributed by atoms with van der Waals surface area (Å²) in [7, 11) is 1.80. The molecule has 0 spiro atoms. The van der Waals surface area contributed by atoms with Gasteiger partial charge in [0.05, 0.1) is 24.6 Å². The average Bonchev–Trinajstić information content (AvgIpc) is 2.65. The second-order valence-corrected chi connectivity index (χ2v) is 4.13. The molecule has 84 valence electrons. The number of rotatable bonds is 2. The number of aliphatic hydroxyl groups is 1. The fraction of sp³-hybridized carbons (Fsp3) is 0.800. The van der Waals surface area contributed by atoms with E-state index < -0.39 is 5.60 Å². The van der Waals surface area contributed by atoms with Gasteiger partial charge in [-0.05, 0) is 6.42 Å². The summed E-state index contributed by atoms with van der Waals surface area (Å²) < 4.78 is 7.19. The maximum absolute atomic E-state index is 10.5. The van der Waals surface area contributed by atoms with Crippen LogP contribution in [0.4, 0.5) is 0 Å². The topological polar surface area (TPSA) is 60.2 Å². The van der Waals surface area contributed by atoms with Crippen molar-refractivity contribution >= 4 is 0 Å². The summed E-state index contributed by atoms with van der Waals surface area (Å²) in [6.07, 6.45) is 3.94. The fourth-order valence-corrected chi connectivity index (χ4v) is 2.14. The molecule has 5 nitrogen and oxygen atoms in total. The van der Waals surface area contributed by atoms with E-state index in [0.29, 0.717) is 19.4 Å². The van der Waals surface area contributed by atoms with E-state index in [1.807, 2.05) is 0 Å². The second-order valence-electron chi connectivity index (χ2n) is 4.13. The normalized spacial score (nSPS) is 31.8. The Balaban J connectivity index is 2.22. The molecule has 1 saturated heterocycles. The molecular weight excluding hydrogens is 194 g/mol. The minimum absolute atomic E-state index is 0.138. The molecule has 2 atom stereocenters. The van der Waals surface area contributed by atoms with Crippen LogP contribution in [0.2, 0.25) is 0 Å². The highest BCUT2D eigenvalue weighted by Crippen LogP contribution is 2.34. The molecule has 0 aromatic carbocycles. The third kappa shape index (κ3) is 1.89. The van der Waals surface area contributed by atoms with Crippen LogP contribution in [-0.2, 0) is 17.4 Å². The van der Waals surface area contributed by atoms with Crippen LogP contribution in [0.1, 0.15) is 31.9 Å². The van der Waals surface area contributed by atoms with Gasteiger partial charge in [-0.25, -0.2) is 4.68 Å². The first-order valence-corrected chi connectivity index (χ1v) is 5.35. The van der Waals surface area contributed by atoms with Gasteiger partial charge >= 0.3 is 0 Å². The van der Waals surface area contributed by atoms with Gasteiger partial charge in [0.25, 0.3) is 0 Å². The third-order valence-electron chi connectivity index (χ3n) is 3.08. The number of aromatic nitrogens is 3. The summed E-state index contributed by atoms with van der Waals surface area (Å²) in [5.74, 6) is 0. The standard InChI is InChI=1S/C10H17N3O2/c1-3-8-6-10(14,4-5-15-8)9-7-11-12-13(9)2/h7-8,14H,3-6H2,1-2H3. The maximum atomic E-state index is 10.5. The summed E-state index contributed by atoms with van der Waals surface area (Å²) in [5.41, 5.74) is -0.0405. The van der Waals surface area contributed by atoms with Crippen LogP contribution >= 0.6 is 0 Å². The van der Waals surface area contributed by atoms with Gasteiger partial charge in [-0.1, -0.05) is 12.1 Å². The van der Waals surface area contributed by atoms with Crippen LogP contribution in [-0.4, -0.2) is 32.8 Å². The number of hydrogen-bond donors (Lipinski definition) is 1. The van der Waals surface area contributed by atoms with Crippen molar-refractivity contribution in [3.8, 4) is 0 Å². The lowest BCUT2D eigenvalue weighted by atomic mass is 9.87. The SMILES string of the molecule is CCC1CC(O)(c2cnnn2C)CCO1. The number of nitrogens with zero attached hydrogens (tertiary/aromatic N) is 3. The van der Waals surface area contributed by atoms with Crippen molar-refractivity contribution in [3.05, 3.63) is 11.9 Å². The minimum Gasteiger partial charge on any atom is -0.383 e. The van der Waals surface area contributed by atoms with E-state index in [9.17, 15) is 5.11 Å². The lowest BCUT2D eigenvalue weighted by Gasteiger charge is -2.36. The van der Waals surface area contributed by atoms with Crippen molar-refractivity contribution in [1.29, 1.82) is 0 Å². The number of hydrogen-bond acceptors (Lipinski definition) is 4. The second kappa shape index (κ2) is 3.90. The Bertz CT molecular complexity index is 339. The Hall–Kier alpha value is -0.940. The van der Waals surface area contributed by atoms with Gasteiger partial charge < -0.3 is 9.84 Å². The van der Waals surface area contributed by atoms with Gasteiger partial charge in [-0.3, -0.25) is 0 Å². The highest BCUT2D eigenvalue weighted by atomic mass is 16.5. The monoisotopic (exact) mass is 211 g/mol. The molecular formula is C10H17N3O2. The molecule has 2 unspecified atom stereocenters. The Labute approximate surface area is 89.0 Å². The first-order chi connectivity index (χ1) is 7.15. The Morgan fingerprint density at radius 2 is 2.53 bits per heavy atom. The molecule has 1 aliphatic heterocycles. The van der Waals surface area contributed by atoms with E-state index >= 15 is 0 Å². The average molecular weight is 211 g/mol. The summed E-state index contributed by atoms with van der Waals surface area (Å²) >= 11 is 0. The molecule has 1 fully saturated rings. The smallest absolute Gasteiger partial charge is 0.112 e. The van der Waals surface area contributed by atoms with Crippen molar-refractivity contribution in [2.45, 2.75) is 37.9 Å². The minimum atomic E-state index is -0.822. The van der Waals surface area contributed by atoms with E-state index in [2.05, 4.69) is 17.2 Å². The summed E-state index contributed by atoms with van der Waals surface area (Å²) in [5, 5.41) is 18.2. The third-order valence-corrected chi connectivity index (χ3v) is 3.08. The molecule has 15 heavy (non-hydrogen) atoms. The first-order valence-electron chi connectivity index (χ1n) is 5.35. The molecule has 0 aliphatic carbocycles. The van der Waals surface area contributed by atoms with Crippen molar-refractivity contribution < 1.29 is 9.84 Å². The molecule has 1 aliphatic rings. The Kier molecular flexibility index (Phi) is 2.75. The van der Waals surface area contributed by atoms with Crippen molar-refractivity contribution in [3.63, 3.8) is 0 Å². The molecule has 5 heteroatoms. The highest BCUT2D eigenvalue weighted by Gasteiger charge is 2.38. The summed E-state index contributed by atoms with van der Waals surface area (Å²) in [6.45, 7) is 2.66. The Morgan fingerprint density at radius 3 is 3.13 bits per heavy atom. The molecule has 0 bridgehead atoms. The number of ether oxygens (including phenoxy) is 1.